The standard InChI is InChI=1S/C28H37N11O9S/c1-28(2)20(34-17-21(37-28)35-27(30)36-23(17)42)24(43)32-6-8-38-7-4-12(9-14(38)26(44)45)49(46,47)10-15-18(40)19(41)25(48-15)39-11-33-16-13(29)3-5-31-22(16)39/h3,5,11-12,14-15,18-19,25,40-41H,4,6-10H2,1-2H3,(H2,29,31)(H,32,43)(H,44,45)(H4,30,35,36,37,42)/t12?,14?,15-,18?,19+,25-/m1/s1. The Bertz CT molecular complexity index is 2000. The lowest BCUT2D eigenvalue weighted by Gasteiger charge is -2.37. The third-order valence-electron chi connectivity index (χ3n) is 9.02. The summed E-state index contributed by atoms with van der Waals surface area (Å²) in [6.45, 7) is 3.52. The van der Waals surface area contributed by atoms with Crippen LogP contribution in [0.15, 0.2) is 28.4 Å². The van der Waals surface area contributed by atoms with E-state index < -0.39 is 74.4 Å². The summed E-state index contributed by atoms with van der Waals surface area (Å²) in [5, 5.41) is 36.1. The molecule has 3 aromatic rings. The van der Waals surface area contributed by atoms with Gasteiger partial charge in [-0.1, -0.05) is 0 Å². The normalized spacial score (nSPS) is 26.9. The summed E-state index contributed by atoms with van der Waals surface area (Å²) in [6, 6.07) is 0.366. The van der Waals surface area contributed by atoms with Crippen LogP contribution in [-0.4, -0.2) is 131 Å². The Balaban J connectivity index is 1.08. The fourth-order valence-corrected chi connectivity index (χ4v) is 8.39. The highest BCUT2D eigenvalue weighted by Crippen LogP contribution is 2.35. The summed E-state index contributed by atoms with van der Waals surface area (Å²) in [4.78, 5) is 58.2. The van der Waals surface area contributed by atoms with Crippen LogP contribution >= 0.6 is 0 Å². The van der Waals surface area contributed by atoms with Crippen LogP contribution in [-0.2, 0) is 24.2 Å². The van der Waals surface area contributed by atoms with Crippen molar-refractivity contribution in [3.05, 3.63) is 28.9 Å². The van der Waals surface area contributed by atoms with E-state index in [0.29, 0.717) is 11.2 Å². The lowest BCUT2D eigenvalue weighted by atomic mass is 9.95. The molecule has 49 heavy (non-hydrogen) atoms. The monoisotopic (exact) mass is 703 g/mol. The van der Waals surface area contributed by atoms with Crippen molar-refractivity contribution >= 4 is 61.7 Å². The van der Waals surface area contributed by atoms with Gasteiger partial charge in [-0.15, -0.1) is 0 Å². The van der Waals surface area contributed by atoms with E-state index in [1.165, 1.54) is 17.1 Å². The summed E-state index contributed by atoms with van der Waals surface area (Å²) >= 11 is 0. The first-order valence-corrected chi connectivity index (χ1v) is 17.1. The predicted octanol–water partition coefficient (Wildman–Crippen LogP) is -2.28. The number of aliphatic hydroxyl groups is 2. The summed E-state index contributed by atoms with van der Waals surface area (Å²) in [6.07, 6.45) is -2.95. The van der Waals surface area contributed by atoms with Gasteiger partial charge in [-0.2, -0.15) is 4.98 Å². The number of hydrogen-bond acceptors (Lipinski definition) is 16. The van der Waals surface area contributed by atoms with Crippen molar-refractivity contribution in [2.75, 3.05) is 42.2 Å². The third kappa shape index (κ3) is 6.41. The number of ether oxygens (including phenoxy) is 1. The number of pyridine rings is 1. The minimum atomic E-state index is -4.03. The van der Waals surface area contributed by atoms with Gasteiger partial charge in [0, 0.05) is 25.8 Å². The molecule has 2 fully saturated rings. The van der Waals surface area contributed by atoms with Gasteiger partial charge in [0.05, 0.1) is 28.6 Å². The number of imidazole rings is 1. The zero-order chi connectivity index (χ0) is 35.4. The second-order valence-corrected chi connectivity index (χ2v) is 15.1. The Morgan fingerprint density at radius 1 is 1.20 bits per heavy atom. The van der Waals surface area contributed by atoms with Gasteiger partial charge in [-0.05, 0) is 32.8 Å². The number of nitrogens with two attached hydrogens (primary N) is 2. The minimum absolute atomic E-state index is 0.00181. The van der Waals surface area contributed by atoms with E-state index in [1.54, 1.807) is 24.8 Å². The molecule has 6 atom stereocenters. The lowest BCUT2D eigenvalue weighted by molar-refractivity contribution is -0.144. The molecule has 3 unspecified atom stereocenters. The Hall–Kier alpha value is -4.70. The number of nitrogens with zero attached hydrogens (tertiary/aromatic N) is 6. The molecule has 3 aliphatic rings. The lowest BCUT2D eigenvalue weighted by Crippen LogP contribution is -2.54. The van der Waals surface area contributed by atoms with Crippen LogP contribution in [0.2, 0.25) is 0 Å². The van der Waals surface area contributed by atoms with Crippen molar-refractivity contribution < 1.29 is 38.1 Å². The largest absolute Gasteiger partial charge is 0.480 e. The van der Waals surface area contributed by atoms with Gasteiger partial charge < -0.3 is 42.2 Å². The molecule has 3 aliphatic heterocycles. The van der Waals surface area contributed by atoms with Crippen molar-refractivity contribution in [3.8, 4) is 0 Å². The smallest absolute Gasteiger partial charge is 0.320 e. The number of fused-ring (bicyclic) bond motifs is 2. The third-order valence-corrected chi connectivity index (χ3v) is 11.3. The molecule has 0 spiro atoms. The SMILES string of the molecule is CC1(C)Nc2nc(N)[nH]c(=O)c2N=C1C(=O)NCCN1CCC(S(=O)(=O)C[C@H]2O[C@@H](n3cnc4c(N)ccnc43)[C@@H](O)C2O)CC1C(=O)O. The molecule has 3 aromatic heterocycles. The molecule has 20 nitrogen and oxygen atoms in total. The fraction of sp³-hybridized carbons (Fsp3) is 0.536. The van der Waals surface area contributed by atoms with Crippen molar-refractivity contribution in [2.24, 2.45) is 4.99 Å². The molecule has 21 heteroatoms. The first kappa shape index (κ1) is 34.2. The van der Waals surface area contributed by atoms with Gasteiger partial charge in [-0.3, -0.25) is 28.8 Å². The van der Waals surface area contributed by atoms with Crippen molar-refractivity contribution in [1.82, 2.24) is 34.7 Å². The summed E-state index contributed by atoms with van der Waals surface area (Å²) in [5.41, 5.74) is 10.8. The van der Waals surface area contributed by atoms with Crippen LogP contribution in [0.4, 0.5) is 23.1 Å². The van der Waals surface area contributed by atoms with Gasteiger partial charge in [0.2, 0.25) is 5.95 Å². The molecule has 1 amide bonds. The molecule has 0 radical (unpaired) electrons. The maximum Gasteiger partial charge on any atom is 0.320 e. The van der Waals surface area contributed by atoms with Crippen molar-refractivity contribution in [2.45, 2.75) is 68.1 Å². The molecule has 0 aliphatic carbocycles. The average molecular weight is 704 g/mol. The number of aliphatic imine (C=N–C) groups is 1. The topological polar surface area (TPSA) is 306 Å². The van der Waals surface area contributed by atoms with E-state index in [-0.39, 0.29) is 61.3 Å². The Morgan fingerprint density at radius 3 is 2.69 bits per heavy atom. The zero-order valence-electron chi connectivity index (χ0n) is 26.5. The number of piperidine rings is 1. The van der Waals surface area contributed by atoms with Crippen LogP contribution < -0.4 is 27.7 Å². The average Bonchev–Trinajstić information content (AvgIpc) is 3.57. The van der Waals surface area contributed by atoms with E-state index in [4.69, 9.17) is 16.2 Å². The van der Waals surface area contributed by atoms with E-state index in [2.05, 4.69) is 35.6 Å². The number of likely N-dealkylation sites (tertiary alicyclic amines) is 1. The van der Waals surface area contributed by atoms with Crippen LogP contribution in [0.1, 0.15) is 32.9 Å². The molecule has 0 aromatic carbocycles. The second kappa shape index (κ2) is 12.6. The number of aromatic amines is 1. The maximum atomic E-state index is 13.5. The molecule has 6 rings (SSSR count). The number of nitrogens with one attached hydrogen (secondary N) is 3. The number of anilines is 3. The molecular formula is C28H37N11O9S. The summed E-state index contributed by atoms with van der Waals surface area (Å²) in [5.74, 6) is -2.47. The summed E-state index contributed by atoms with van der Waals surface area (Å²) in [7, 11) is -4.03. The first-order chi connectivity index (χ1) is 23.1. The molecule has 2 saturated heterocycles. The van der Waals surface area contributed by atoms with Crippen molar-refractivity contribution in [3.63, 3.8) is 0 Å². The van der Waals surface area contributed by atoms with Crippen molar-refractivity contribution in [1.29, 1.82) is 0 Å². The van der Waals surface area contributed by atoms with Crippen LogP contribution in [0.3, 0.4) is 0 Å². The van der Waals surface area contributed by atoms with Gasteiger partial charge in [0.1, 0.15) is 35.6 Å². The number of rotatable bonds is 9. The van der Waals surface area contributed by atoms with Gasteiger partial charge in [-0.25, -0.2) is 23.4 Å². The minimum Gasteiger partial charge on any atom is -0.480 e. The zero-order valence-corrected chi connectivity index (χ0v) is 27.3. The van der Waals surface area contributed by atoms with E-state index >= 15 is 0 Å². The van der Waals surface area contributed by atoms with E-state index in [9.17, 15) is 38.1 Å². The number of carbonyl (C=O) groups excluding carboxylic acids is 1. The second-order valence-electron chi connectivity index (χ2n) is 12.8. The molecule has 6 heterocycles. The number of aliphatic carboxylic acids is 1. The number of nitrogen functional groups attached to an aromatic ring is 2. The number of carboxylic acid groups (broad SMARTS) is 1. The predicted molar refractivity (Wildman–Crippen MR) is 175 cm³/mol. The van der Waals surface area contributed by atoms with Gasteiger partial charge >= 0.3 is 5.97 Å². The Kier molecular flexibility index (Phi) is 8.81. The van der Waals surface area contributed by atoms with Gasteiger partial charge in [0.25, 0.3) is 11.5 Å². The Labute approximate surface area is 278 Å². The molecular weight excluding hydrogens is 666 g/mol. The fourth-order valence-electron chi connectivity index (χ4n) is 6.45. The number of H-pyrrole nitrogens is 1. The molecule has 0 saturated carbocycles. The highest BCUT2D eigenvalue weighted by atomic mass is 32.2. The number of carbonyl (C=O) groups is 2. The number of hydrogen-bond donors (Lipinski definition) is 8. The first-order valence-electron chi connectivity index (χ1n) is 15.4. The van der Waals surface area contributed by atoms with E-state index in [0.717, 1.165) is 0 Å². The number of aliphatic hydroxyl groups excluding tert-OH is 2. The van der Waals surface area contributed by atoms with E-state index in [1.807, 2.05) is 0 Å². The maximum absolute atomic E-state index is 13.5. The molecule has 0 bridgehead atoms. The number of sulfone groups is 1. The van der Waals surface area contributed by atoms with Gasteiger partial charge in [0.15, 0.2) is 33.2 Å². The summed E-state index contributed by atoms with van der Waals surface area (Å²) < 4.78 is 34.3. The Morgan fingerprint density at radius 2 is 1.96 bits per heavy atom. The quantitative estimate of drug-likeness (QED) is 0.116. The van der Waals surface area contributed by atoms with Crippen LogP contribution in [0.5, 0.6) is 0 Å². The highest BCUT2D eigenvalue weighted by molar-refractivity contribution is 7.92. The molecule has 10 N–H and O–H groups in total. The van der Waals surface area contributed by atoms with Crippen LogP contribution in [0, 0.1) is 0 Å². The van der Waals surface area contributed by atoms with Crippen LogP contribution in [0.25, 0.3) is 11.2 Å². The number of carboxylic acids is 1. The number of aromatic nitrogens is 5. The highest BCUT2D eigenvalue weighted by Gasteiger charge is 2.48. The number of amides is 1. The molecule has 264 valence electrons.